The van der Waals surface area contributed by atoms with Crippen molar-refractivity contribution in [1.82, 2.24) is 14.5 Å². The number of anilines is 1. The van der Waals surface area contributed by atoms with E-state index in [2.05, 4.69) is 14.7 Å². The number of sulfonamides is 1. The van der Waals surface area contributed by atoms with Crippen molar-refractivity contribution in [3.8, 4) is 0 Å². The van der Waals surface area contributed by atoms with E-state index in [0.29, 0.717) is 16.6 Å². The second-order valence-corrected chi connectivity index (χ2v) is 6.72. The van der Waals surface area contributed by atoms with E-state index in [1.807, 2.05) is 0 Å². The zero-order chi connectivity index (χ0) is 16.8. The largest absolute Gasteiger partial charge is 0.477 e. The fourth-order valence-corrected chi connectivity index (χ4v) is 3.64. The van der Waals surface area contributed by atoms with Crippen LogP contribution in [0.25, 0.3) is 10.9 Å². The molecule has 0 spiro atoms. The minimum Gasteiger partial charge on any atom is -0.477 e. The van der Waals surface area contributed by atoms with E-state index in [1.165, 1.54) is 10.6 Å². The van der Waals surface area contributed by atoms with E-state index >= 15 is 0 Å². The number of nitrogens with zero attached hydrogens (tertiary/aromatic N) is 2. The molecule has 120 valence electrons. The minimum atomic E-state index is -3.89. The predicted octanol–water partition coefficient (Wildman–Crippen LogP) is 1.71. The Balaban J connectivity index is 2.07. The van der Waals surface area contributed by atoms with E-state index in [4.69, 9.17) is 5.11 Å². The summed E-state index contributed by atoms with van der Waals surface area (Å²) in [5, 5.41) is 9.53. The Labute approximate surface area is 131 Å². The average molecular weight is 334 g/mol. The van der Waals surface area contributed by atoms with Crippen molar-refractivity contribution in [2.24, 2.45) is 7.05 Å². The van der Waals surface area contributed by atoms with E-state index in [1.54, 1.807) is 38.4 Å². The highest BCUT2D eigenvalue weighted by atomic mass is 32.2. The number of rotatable bonds is 4. The Morgan fingerprint density at radius 3 is 2.74 bits per heavy atom. The first-order valence-electron chi connectivity index (χ1n) is 6.66. The zero-order valence-corrected chi connectivity index (χ0v) is 13.2. The number of carbonyl (C=O) groups is 1. The van der Waals surface area contributed by atoms with Crippen LogP contribution in [0.1, 0.15) is 16.2 Å². The van der Waals surface area contributed by atoms with Gasteiger partial charge < -0.3 is 14.7 Å². The average Bonchev–Trinajstić information content (AvgIpc) is 3.02. The van der Waals surface area contributed by atoms with E-state index < -0.39 is 16.0 Å². The lowest BCUT2D eigenvalue weighted by molar-refractivity contribution is 0.0691. The van der Waals surface area contributed by atoms with Crippen LogP contribution < -0.4 is 4.72 Å². The number of benzene rings is 1. The number of aromatic amines is 1. The number of nitrogens with one attached hydrogen (secondary N) is 2. The Morgan fingerprint density at radius 2 is 2.13 bits per heavy atom. The number of aryl methyl sites for hydroxylation is 2. The van der Waals surface area contributed by atoms with Gasteiger partial charge in [-0.2, -0.15) is 8.42 Å². The number of hydrogen-bond acceptors (Lipinski definition) is 4. The van der Waals surface area contributed by atoms with Crippen molar-refractivity contribution >= 4 is 32.6 Å². The van der Waals surface area contributed by atoms with Gasteiger partial charge in [0.15, 0.2) is 0 Å². The standard InChI is InChI=1S/C14H14N4O4S/c1-8-7-18(2)14(15-8)23(21,22)17-10-5-3-4-9-6-11(13(19)20)16-12(9)10/h3-7,16-17H,1-2H3,(H,19,20). The maximum absolute atomic E-state index is 12.5. The third-order valence-electron chi connectivity index (χ3n) is 3.33. The molecule has 0 aliphatic carbocycles. The quantitative estimate of drug-likeness (QED) is 0.671. The molecule has 0 atom stereocenters. The molecule has 3 N–H and O–H groups in total. The van der Waals surface area contributed by atoms with Crippen molar-refractivity contribution in [3.05, 3.63) is 41.9 Å². The van der Waals surface area contributed by atoms with Gasteiger partial charge in [0.25, 0.3) is 10.0 Å². The lowest BCUT2D eigenvalue weighted by atomic mass is 10.2. The van der Waals surface area contributed by atoms with Crippen LogP contribution in [0.5, 0.6) is 0 Å². The summed E-state index contributed by atoms with van der Waals surface area (Å²) >= 11 is 0. The summed E-state index contributed by atoms with van der Waals surface area (Å²) in [7, 11) is -2.30. The topological polar surface area (TPSA) is 117 Å². The van der Waals surface area contributed by atoms with Gasteiger partial charge in [0, 0.05) is 18.6 Å². The predicted molar refractivity (Wildman–Crippen MR) is 84.0 cm³/mol. The molecule has 3 aromatic rings. The van der Waals surface area contributed by atoms with Gasteiger partial charge >= 0.3 is 5.97 Å². The van der Waals surface area contributed by atoms with E-state index in [-0.39, 0.29) is 16.5 Å². The van der Waals surface area contributed by atoms with Crippen LogP contribution in [0.3, 0.4) is 0 Å². The summed E-state index contributed by atoms with van der Waals surface area (Å²) in [4.78, 5) is 17.8. The highest BCUT2D eigenvalue weighted by Crippen LogP contribution is 2.26. The van der Waals surface area contributed by atoms with Crippen LogP contribution in [0, 0.1) is 6.92 Å². The Hall–Kier alpha value is -2.81. The summed E-state index contributed by atoms with van der Waals surface area (Å²) in [5.74, 6) is -1.12. The summed E-state index contributed by atoms with van der Waals surface area (Å²) in [6, 6.07) is 6.34. The molecule has 1 aromatic carbocycles. The molecule has 2 heterocycles. The minimum absolute atomic E-state index is 0.0144. The molecule has 0 saturated heterocycles. The van der Waals surface area contributed by atoms with Crippen molar-refractivity contribution in [1.29, 1.82) is 0 Å². The van der Waals surface area contributed by atoms with E-state index in [0.717, 1.165) is 0 Å². The van der Waals surface area contributed by atoms with Crippen LogP contribution >= 0.6 is 0 Å². The Morgan fingerprint density at radius 1 is 1.39 bits per heavy atom. The van der Waals surface area contributed by atoms with Gasteiger partial charge in [0.2, 0.25) is 5.16 Å². The van der Waals surface area contributed by atoms with Gasteiger partial charge in [0.05, 0.1) is 16.9 Å². The number of carboxylic acid groups (broad SMARTS) is 1. The van der Waals surface area contributed by atoms with Gasteiger partial charge in [-0.25, -0.2) is 9.78 Å². The molecule has 0 bridgehead atoms. The summed E-state index contributed by atoms with van der Waals surface area (Å²) in [6.07, 6.45) is 1.60. The monoisotopic (exact) mass is 334 g/mol. The van der Waals surface area contributed by atoms with Gasteiger partial charge in [-0.3, -0.25) is 4.72 Å². The molecule has 0 aliphatic heterocycles. The normalized spacial score (nSPS) is 11.7. The molecule has 8 nitrogen and oxygen atoms in total. The number of hydrogen-bond donors (Lipinski definition) is 3. The maximum atomic E-state index is 12.5. The lowest BCUT2D eigenvalue weighted by Crippen LogP contribution is -2.17. The van der Waals surface area contributed by atoms with Crippen molar-refractivity contribution in [2.75, 3.05) is 4.72 Å². The van der Waals surface area contributed by atoms with Crippen LogP contribution in [-0.2, 0) is 17.1 Å². The number of H-pyrrole nitrogens is 1. The first-order valence-corrected chi connectivity index (χ1v) is 8.14. The molecule has 9 heteroatoms. The van der Waals surface area contributed by atoms with Gasteiger partial charge in [-0.1, -0.05) is 12.1 Å². The lowest BCUT2D eigenvalue weighted by Gasteiger charge is -2.08. The number of fused-ring (bicyclic) bond motifs is 1. The van der Waals surface area contributed by atoms with Crippen molar-refractivity contribution in [2.45, 2.75) is 12.1 Å². The van der Waals surface area contributed by atoms with Crippen LogP contribution in [-0.4, -0.2) is 34.0 Å². The second-order valence-electron chi connectivity index (χ2n) is 5.14. The molecular formula is C14H14N4O4S. The van der Waals surface area contributed by atoms with Crippen LogP contribution in [0.15, 0.2) is 35.6 Å². The Bertz CT molecular complexity index is 1020. The number of imidazole rings is 1. The van der Waals surface area contributed by atoms with Gasteiger partial charge in [0.1, 0.15) is 5.69 Å². The molecule has 2 aromatic heterocycles. The van der Waals surface area contributed by atoms with Crippen molar-refractivity contribution < 1.29 is 18.3 Å². The third-order valence-corrected chi connectivity index (χ3v) is 4.67. The SMILES string of the molecule is Cc1cn(C)c(S(=O)(=O)Nc2cccc3cc(C(=O)O)[nH]c23)n1. The van der Waals surface area contributed by atoms with Crippen LogP contribution in [0.2, 0.25) is 0 Å². The van der Waals surface area contributed by atoms with Crippen molar-refractivity contribution in [3.63, 3.8) is 0 Å². The number of carboxylic acids is 1. The third kappa shape index (κ3) is 2.66. The summed E-state index contributed by atoms with van der Waals surface area (Å²) < 4.78 is 28.9. The zero-order valence-electron chi connectivity index (χ0n) is 12.4. The fraction of sp³-hybridized carbons (Fsp3) is 0.143. The van der Waals surface area contributed by atoms with Gasteiger partial charge in [-0.05, 0) is 19.1 Å². The molecule has 0 amide bonds. The molecule has 0 aliphatic rings. The number of aromatic nitrogens is 3. The van der Waals surface area contributed by atoms with E-state index in [9.17, 15) is 13.2 Å². The molecule has 0 radical (unpaired) electrons. The molecular weight excluding hydrogens is 320 g/mol. The highest BCUT2D eigenvalue weighted by molar-refractivity contribution is 7.92. The van der Waals surface area contributed by atoms with Crippen LogP contribution in [0.4, 0.5) is 5.69 Å². The molecule has 23 heavy (non-hydrogen) atoms. The highest BCUT2D eigenvalue weighted by Gasteiger charge is 2.22. The maximum Gasteiger partial charge on any atom is 0.352 e. The smallest absolute Gasteiger partial charge is 0.352 e. The number of para-hydroxylation sites is 1. The molecule has 0 saturated carbocycles. The molecule has 0 fully saturated rings. The Kier molecular flexibility index (Phi) is 3.37. The second kappa shape index (κ2) is 5.13. The fourth-order valence-electron chi connectivity index (χ4n) is 2.39. The molecule has 3 rings (SSSR count). The van der Waals surface area contributed by atoms with Gasteiger partial charge in [-0.15, -0.1) is 0 Å². The first-order chi connectivity index (χ1) is 10.8. The number of aromatic carboxylic acids is 1. The molecule has 0 unspecified atom stereocenters. The summed E-state index contributed by atoms with van der Waals surface area (Å²) in [5.41, 5.74) is 1.23. The first kappa shape index (κ1) is 15.1. The summed E-state index contributed by atoms with van der Waals surface area (Å²) in [6.45, 7) is 1.70.